The second kappa shape index (κ2) is 7.09. The first-order chi connectivity index (χ1) is 13.8. The summed E-state index contributed by atoms with van der Waals surface area (Å²) in [7, 11) is 0. The third-order valence-electron chi connectivity index (χ3n) is 5.62. The molecule has 0 saturated heterocycles. The summed E-state index contributed by atoms with van der Waals surface area (Å²) in [6.07, 6.45) is 7.13. The zero-order valence-electron chi connectivity index (χ0n) is 15.6. The normalized spacial score (nSPS) is 15.2. The molecule has 0 amide bonds. The van der Waals surface area contributed by atoms with Gasteiger partial charge in [-0.2, -0.15) is 0 Å². The summed E-state index contributed by atoms with van der Waals surface area (Å²) >= 11 is 0. The molecule has 0 saturated carbocycles. The van der Waals surface area contributed by atoms with Gasteiger partial charge in [0.2, 0.25) is 0 Å². The van der Waals surface area contributed by atoms with Crippen molar-refractivity contribution in [3.63, 3.8) is 0 Å². The average molecular weight is 370 g/mol. The topological polar surface area (TPSA) is 53.9 Å². The van der Waals surface area contributed by atoms with Crippen molar-refractivity contribution in [2.75, 3.05) is 19.6 Å². The SMILES string of the molecule is O=c1c2ccccc2ncn1CCN1CC=C(c2c[nH]c3ccccc23)CC1. The van der Waals surface area contributed by atoms with Crippen LogP contribution in [-0.2, 0) is 6.54 Å². The van der Waals surface area contributed by atoms with E-state index < -0.39 is 0 Å². The summed E-state index contributed by atoms with van der Waals surface area (Å²) < 4.78 is 1.72. The molecule has 28 heavy (non-hydrogen) atoms. The Morgan fingerprint density at radius 1 is 1.00 bits per heavy atom. The third kappa shape index (κ3) is 3.04. The highest BCUT2D eigenvalue weighted by Gasteiger charge is 2.15. The Kier molecular flexibility index (Phi) is 4.29. The van der Waals surface area contributed by atoms with Gasteiger partial charge in [-0.25, -0.2) is 4.98 Å². The van der Waals surface area contributed by atoms with Gasteiger partial charge >= 0.3 is 0 Å². The Morgan fingerprint density at radius 3 is 2.68 bits per heavy atom. The minimum absolute atomic E-state index is 0.0395. The van der Waals surface area contributed by atoms with Crippen LogP contribution in [0.3, 0.4) is 0 Å². The van der Waals surface area contributed by atoms with E-state index in [0.717, 1.165) is 31.6 Å². The largest absolute Gasteiger partial charge is 0.361 e. The minimum Gasteiger partial charge on any atom is -0.361 e. The lowest BCUT2D eigenvalue weighted by Crippen LogP contribution is -2.34. The molecule has 0 fully saturated rings. The molecule has 1 N–H and O–H groups in total. The van der Waals surface area contributed by atoms with Gasteiger partial charge in [-0.15, -0.1) is 0 Å². The van der Waals surface area contributed by atoms with E-state index in [-0.39, 0.29) is 5.56 Å². The van der Waals surface area contributed by atoms with Crippen molar-refractivity contribution >= 4 is 27.4 Å². The number of H-pyrrole nitrogens is 1. The van der Waals surface area contributed by atoms with Crippen LogP contribution in [0.1, 0.15) is 12.0 Å². The van der Waals surface area contributed by atoms with Crippen LogP contribution in [-0.4, -0.2) is 39.1 Å². The van der Waals surface area contributed by atoms with Gasteiger partial charge in [-0.1, -0.05) is 36.4 Å². The molecule has 0 bridgehead atoms. The quantitative estimate of drug-likeness (QED) is 0.596. The predicted molar refractivity (Wildman–Crippen MR) is 113 cm³/mol. The molecule has 0 radical (unpaired) electrons. The van der Waals surface area contributed by atoms with E-state index in [1.807, 2.05) is 24.3 Å². The molecule has 5 nitrogen and oxygen atoms in total. The highest BCUT2D eigenvalue weighted by molar-refractivity contribution is 5.92. The molecular weight excluding hydrogens is 348 g/mol. The van der Waals surface area contributed by atoms with Crippen molar-refractivity contribution < 1.29 is 0 Å². The Balaban J connectivity index is 1.29. The molecule has 0 aliphatic carbocycles. The molecule has 3 heterocycles. The second-order valence-corrected chi connectivity index (χ2v) is 7.29. The first kappa shape index (κ1) is 17.0. The Labute approximate surface area is 162 Å². The summed E-state index contributed by atoms with van der Waals surface area (Å²) in [5.74, 6) is 0. The number of nitrogens with zero attached hydrogens (tertiary/aromatic N) is 3. The summed E-state index contributed by atoms with van der Waals surface area (Å²) in [6.45, 7) is 3.41. The summed E-state index contributed by atoms with van der Waals surface area (Å²) in [5, 5.41) is 1.97. The maximum absolute atomic E-state index is 12.6. The summed E-state index contributed by atoms with van der Waals surface area (Å²) in [6, 6.07) is 16.0. The molecule has 0 atom stereocenters. The van der Waals surface area contributed by atoms with Crippen LogP contribution in [0.4, 0.5) is 0 Å². The van der Waals surface area contributed by atoms with E-state index in [9.17, 15) is 4.79 Å². The standard InChI is InChI=1S/C23H22N4O/c28-23-19-6-2-4-8-22(19)25-16-27(23)14-13-26-11-9-17(10-12-26)20-15-24-21-7-3-1-5-18(20)21/h1-9,15-16,24H,10-14H2. The fourth-order valence-electron chi connectivity index (χ4n) is 4.01. The van der Waals surface area contributed by atoms with Gasteiger partial charge in [0.05, 0.1) is 17.2 Å². The van der Waals surface area contributed by atoms with E-state index in [2.05, 4.69) is 51.4 Å². The van der Waals surface area contributed by atoms with Crippen molar-refractivity contribution in [3.8, 4) is 0 Å². The minimum atomic E-state index is 0.0395. The maximum Gasteiger partial charge on any atom is 0.261 e. The van der Waals surface area contributed by atoms with Gasteiger partial charge in [0.1, 0.15) is 0 Å². The number of benzene rings is 2. The first-order valence-electron chi connectivity index (χ1n) is 9.72. The van der Waals surface area contributed by atoms with E-state index in [0.29, 0.717) is 11.9 Å². The highest BCUT2D eigenvalue weighted by Crippen LogP contribution is 2.29. The number of fused-ring (bicyclic) bond motifs is 2. The maximum atomic E-state index is 12.6. The van der Waals surface area contributed by atoms with Crippen LogP contribution in [0.25, 0.3) is 27.4 Å². The zero-order chi connectivity index (χ0) is 18.9. The molecule has 1 aliphatic heterocycles. The number of hydrogen-bond donors (Lipinski definition) is 1. The molecular formula is C23H22N4O. The van der Waals surface area contributed by atoms with Crippen LogP contribution < -0.4 is 5.56 Å². The van der Waals surface area contributed by atoms with Crippen molar-refractivity contribution in [2.45, 2.75) is 13.0 Å². The molecule has 5 heteroatoms. The van der Waals surface area contributed by atoms with Crippen molar-refractivity contribution in [2.24, 2.45) is 0 Å². The van der Waals surface area contributed by atoms with Crippen LogP contribution in [0.15, 0.2) is 71.9 Å². The molecule has 4 aromatic rings. The molecule has 5 rings (SSSR count). The van der Waals surface area contributed by atoms with Crippen LogP contribution in [0.2, 0.25) is 0 Å². The second-order valence-electron chi connectivity index (χ2n) is 7.29. The fraction of sp³-hybridized carbons (Fsp3) is 0.217. The Hall–Kier alpha value is -3.18. The number of nitrogens with one attached hydrogen (secondary N) is 1. The van der Waals surface area contributed by atoms with Crippen molar-refractivity contribution in [1.82, 2.24) is 19.4 Å². The zero-order valence-corrected chi connectivity index (χ0v) is 15.6. The molecule has 0 spiro atoms. The van der Waals surface area contributed by atoms with E-state index >= 15 is 0 Å². The van der Waals surface area contributed by atoms with Gasteiger partial charge in [0.15, 0.2) is 0 Å². The predicted octanol–water partition coefficient (Wildman–Crippen LogP) is 3.67. The Morgan fingerprint density at radius 2 is 1.82 bits per heavy atom. The van der Waals surface area contributed by atoms with Crippen molar-refractivity contribution in [1.29, 1.82) is 0 Å². The lowest BCUT2D eigenvalue weighted by molar-refractivity contribution is 0.287. The first-order valence-corrected chi connectivity index (χ1v) is 9.72. The van der Waals surface area contributed by atoms with Crippen LogP contribution >= 0.6 is 0 Å². The average Bonchev–Trinajstić information content (AvgIpc) is 3.18. The van der Waals surface area contributed by atoms with E-state index in [4.69, 9.17) is 0 Å². The number of hydrogen-bond acceptors (Lipinski definition) is 3. The van der Waals surface area contributed by atoms with Gasteiger partial charge in [-0.05, 0) is 30.2 Å². The number of aromatic nitrogens is 3. The van der Waals surface area contributed by atoms with Crippen molar-refractivity contribution in [3.05, 3.63) is 83.0 Å². The smallest absolute Gasteiger partial charge is 0.261 e. The lowest BCUT2D eigenvalue weighted by atomic mass is 9.99. The molecule has 2 aromatic carbocycles. The van der Waals surface area contributed by atoms with E-state index in [1.165, 1.54) is 22.0 Å². The number of aromatic amines is 1. The van der Waals surface area contributed by atoms with Gasteiger partial charge in [-0.3, -0.25) is 14.3 Å². The molecule has 1 aliphatic rings. The highest BCUT2D eigenvalue weighted by atomic mass is 16.1. The summed E-state index contributed by atoms with van der Waals surface area (Å²) in [5.41, 5.74) is 4.69. The molecule has 140 valence electrons. The van der Waals surface area contributed by atoms with Gasteiger partial charge in [0.25, 0.3) is 5.56 Å². The Bertz CT molecular complexity index is 1230. The lowest BCUT2D eigenvalue weighted by Gasteiger charge is -2.26. The number of rotatable bonds is 4. The summed E-state index contributed by atoms with van der Waals surface area (Å²) in [4.78, 5) is 22.8. The van der Waals surface area contributed by atoms with Crippen LogP contribution in [0.5, 0.6) is 0 Å². The monoisotopic (exact) mass is 370 g/mol. The molecule has 2 aromatic heterocycles. The van der Waals surface area contributed by atoms with Crippen LogP contribution in [0, 0.1) is 0 Å². The fourth-order valence-corrected chi connectivity index (χ4v) is 4.01. The van der Waals surface area contributed by atoms with E-state index in [1.54, 1.807) is 10.9 Å². The molecule has 0 unspecified atom stereocenters. The van der Waals surface area contributed by atoms with Gasteiger partial charge in [0, 0.05) is 48.8 Å². The third-order valence-corrected chi connectivity index (χ3v) is 5.62. The number of para-hydroxylation sites is 2. The van der Waals surface area contributed by atoms with Gasteiger partial charge < -0.3 is 4.98 Å².